The van der Waals surface area contributed by atoms with Gasteiger partial charge in [-0.1, -0.05) is 37.8 Å². The molecule has 0 nitrogen and oxygen atoms in total. The molecule has 1 saturated carbocycles. The van der Waals surface area contributed by atoms with E-state index in [-0.39, 0.29) is 0 Å². The highest BCUT2D eigenvalue weighted by molar-refractivity contribution is 14.1. The highest BCUT2D eigenvalue weighted by Gasteiger charge is 2.21. The van der Waals surface area contributed by atoms with Crippen molar-refractivity contribution >= 4 is 22.6 Å². The van der Waals surface area contributed by atoms with Crippen LogP contribution in [0.3, 0.4) is 0 Å². The van der Waals surface area contributed by atoms with Gasteiger partial charge in [-0.15, -0.1) is 0 Å². The first kappa shape index (κ1) is 15.5. The van der Waals surface area contributed by atoms with Crippen molar-refractivity contribution in [3.05, 3.63) is 35.4 Å². The van der Waals surface area contributed by atoms with E-state index < -0.39 is 0 Å². The van der Waals surface area contributed by atoms with E-state index in [1.165, 1.54) is 44.1 Å². The molecule has 0 N–H and O–H groups in total. The summed E-state index contributed by atoms with van der Waals surface area (Å²) in [7, 11) is 0. The van der Waals surface area contributed by atoms with Crippen LogP contribution in [0.4, 0.5) is 0 Å². The molecule has 1 aromatic carbocycles. The van der Waals surface area contributed by atoms with Crippen molar-refractivity contribution in [1.82, 2.24) is 0 Å². The lowest BCUT2D eigenvalue weighted by Gasteiger charge is -2.28. The summed E-state index contributed by atoms with van der Waals surface area (Å²) in [6, 6.07) is 8.78. The average Bonchev–Trinajstić information content (AvgIpc) is 2.49. The van der Waals surface area contributed by atoms with E-state index in [2.05, 4.69) is 52.9 Å². The van der Waals surface area contributed by atoms with Crippen molar-refractivity contribution in [1.29, 1.82) is 0 Å². The Morgan fingerprint density at radius 3 is 2.35 bits per heavy atom. The molecule has 0 heterocycles. The van der Waals surface area contributed by atoms with Gasteiger partial charge in [0.2, 0.25) is 0 Å². The van der Waals surface area contributed by atoms with Crippen molar-refractivity contribution in [2.45, 2.75) is 51.4 Å². The van der Waals surface area contributed by atoms with Gasteiger partial charge in [-0.3, -0.25) is 0 Å². The average molecular weight is 376 g/mol. The highest BCUT2D eigenvalue weighted by Crippen LogP contribution is 2.37. The van der Waals surface area contributed by atoms with Gasteiger partial charge in [-0.05, 0) is 71.0 Å². The lowest BCUT2D eigenvalue weighted by atomic mass is 9.77. The Morgan fingerprint density at radius 1 is 1.05 bits per heavy atom. The van der Waals surface area contributed by atoms with Crippen LogP contribution >= 0.6 is 22.6 Å². The first-order chi connectivity index (χ1) is 9.83. The molecule has 0 atom stereocenters. The van der Waals surface area contributed by atoms with Crippen LogP contribution in [0.25, 0.3) is 0 Å². The SMILES string of the molecule is CCCC1CCC(c2ccc(C#CC#CI)cc2)CC1. The zero-order chi connectivity index (χ0) is 14.2. The summed E-state index contributed by atoms with van der Waals surface area (Å²) < 4.78 is 2.76. The van der Waals surface area contributed by atoms with Crippen molar-refractivity contribution in [2.24, 2.45) is 5.92 Å². The maximum absolute atomic E-state index is 3.07. The Hall–Kier alpha value is -0.930. The van der Waals surface area contributed by atoms with Crippen LogP contribution in [0.2, 0.25) is 0 Å². The minimum absolute atomic E-state index is 0.763. The normalized spacial score (nSPS) is 21.3. The molecule has 0 aromatic heterocycles. The van der Waals surface area contributed by atoms with E-state index in [4.69, 9.17) is 0 Å². The standard InChI is InChI=1S/C19H21I/c1-2-5-16-7-11-18(12-8-16)19-13-9-17(10-14-19)6-3-4-15-20/h9-10,13-14,16,18H,2,5,7-8,11-12H2,1H3. The smallest absolute Gasteiger partial charge is 0.0255 e. The summed E-state index contributed by atoms with van der Waals surface area (Å²) in [4.78, 5) is 0. The van der Waals surface area contributed by atoms with E-state index in [1.54, 1.807) is 0 Å². The quantitative estimate of drug-likeness (QED) is 0.482. The molecule has 0 spiro atoms. The number of hydrogen-bond acceptors (Lipinski definition) is 0. The van der Waals surface area contributed by atoms with E-state index in [0.717, 1.165) is 17.4 Å². The summed E-state index contributed by atoms with van der Waals surface area (Å²) in [6.07, 6.45) is 8.28. The minimum atomic E-state index is 0.763. The molecule has 1 aromatic rings. The van der Waals surface area contributed by atoms with Gasteiger partial charge in [0.25, 0.3) is 0 Å². The molecule has 20 heavy (non-hydrogen) atoms. The van der Waals surface area contributed by atoms with E-state index in [1.807, 2.05) is 22.6 Å². The number of rotatable bonds is 3. The molecular formula is C19H21I. The minimum Gasteiger partial charge on any atom is -0.0654 e. The molecule has 1 aliphatic rings. The topological polar surface area (TPSA) is 0 Å². The predicted molar refractivity (Wildman–Crippen MR) is 94.7 cm³/mol. The third kappa shape index (κ3) is 4.57. The third-order valence-electron chi connectivity index (χ3n) is 4.24. The van der Waals surface area contributed by atoms with Gasteiger partial charge in [-0.2, -0.15) is 0 Å². The first-order valence-corrected chi connectivity index (χ1v) is 8.63. The molecule has 0 amide bonds. The first-order valence-electron chi connectivity index (χ1n) is 7.55. The zero-order valence-corrected chi connectivity index (χ0v) is 14.2. The second-order valence-corrected chi connectivity index (χ2v) is 6.14. The number of hydrogen-bond donors (Lipinski definition) is 0. The summed E-state index contributed by atoms with van der Waals surface area (Å²) >= 11 is 2.01. The largest absolute Gasteiger partial charge is 0.0654 e. The summed E-state index contributed by atoms with van der Waals surface area (Å²) in [6.45, 7) is 2.30. The number of halogens is 1. The Labute approximate surface area is 136 Å². The Morgan fingerprint density at radius 2 is 1.75 bits per heavy atom. The van der Waals surface area contributed by atoms with Crippen molar-refractivity contribution in [2.75, 3.05) is 0 Å². The van der Waals surface area contributed by atoms with Crippen LogP contribution in [-0.2, 0) is 0 Å². The van der Waals surface area contributed by atoms with Crippen molar-refractivity contribution in [3.8, 4) is 21.7 Å². The van der Waals surface area contributed by atoms with Gasteiger partial charge in [0.05, 0.1) is 0 Å². The highest BCUT2D eigenvalue weighted by atomic mass is 127. The fraction of sp³-hybridized carbons (Fsp3) is 0.474. The Bertz CT molecular complexity index is 525. The fourth-order valence-corrected chi connectivity index (χ4v) is 3.29. The second kappa shape index (κ2) is 8.38. The molecule has 0 unspecified atom stereocenters. The molecule has 104 valence electrons. The second-order valence-electron chi connectivity index (χ2n) is 5.60. The predicted octanol–water partition coefficient (Wildman–Crippen LogP) is 5.51. The van der Waals surface area contributed by atoms with Crippen molar-refractivity contribution in [3.63, 3.8) is 0 Å². The van der Waals surface area contributed by atoms with Crippen LogP contribution < -0.4 is 0 Å². The fourth-order valence-electron chi connectivity index (χ4n) is 3.16. The van der Waals surface area contributed by atoms with Crippen LogP contribution in [0.5, 0.6) is 0 Å². The molecule has 1 heteroatoms. The summed E-state index contributed by atoms with van der Waals surface area (Å²) in [5.74, 6) is 10.4. The lowest BCUT2D eigenvalue weighted by molar-refractivity contribution is 0.308. The lowest BCUT2D eigenvalue weighted by Crippen LogP contribution is -2.13. The molecule has 1 aliphatic carbocycles. The maximum atomic E-state index is 3.07. The molecule has 1 fully saturated rings. The molecule has 0 aliphatic heterocycles. The van der Waals surface area contributed by atoms with E-state index in [9.17, 15) is 0 Å². The molecule has 0 radical (unpaired) electrons. The van der Waals surface area contributed by atoms with Gasteiger partial charge in [0.15, 0.2) is 0 Å². The van der Waals surface area contributed by atoms with Gasteiger partial charge in [-0.25, -0.2) is 0 Å². The number of benzene rings is 1. The monoisotopic (exact) mass is 376 g/mol. The van der Waals surface area contributed by atoms with Gasteiger partial charge in [0, 0.05) is 28.2 Å². The van der Waals surface area contributed by atoms with Crippen LogP contribution in [0.15, 0.2) is 24.3 Å². The maximum Gasteiger partial charge on any atom is 0.0255 e. The van der Waals surface area contributed by atoms with Crippen molar-refractivity contribution < 1.29 is 0 Å². The molecule has 0 saturated heterocycles. The summed E-state index contributed by atoms with van der Waals surface area (Å²) in [5, 5.41) is 0. The Kier molecular flexibility index (Phi) is 6.48. The van der Waals surface area contributed by atoms with E-state index >= 15 is 0 Å². The van der Waals surface area contributed by atoms with Crippen LogP contribution in [-0.4, -0.2) is 0 Å². The Balaban J connectivity index is 1.94. The molecule has 2 rings (SSSR count). The third-order valence-corrected chi connectivity index (χ3v) is 4.51. The van der Waals surface area contributed by atoms with Crippen LogP contribution in [0.1, 0.15) is 62.5 Å². The summed E-state index contributed by atoms with van der Waals surface area (Å²) in [5.41, 5.74) is 2.55. The van der Waals surface area contributed by atoms with Gasteiger partial charge >= 0.3 is 0 Å². The van der Waals surface area contributed by atoms with E-state index in [0.29, 0.717) is 0 Å². The van der Waals surface area contributed by atoms with Crippen LogP contribution in [0, 0.1) is 27.6 Å². The molecule has 0 bridgehead atoms. The zero-order valence-electron chi connectivity index (χ0n) is 12.1. The molecular weight excluding hydrogens is 355 g/mol. The van der Waals surface area contributed by atoms with Gasteiger partial charge in [0.1, 0.15) is 0 Å². The van der Waals surface area contributed by atoms with Gasteiger partial charge < -0.3 is 0 Å².